The van der Waals surface area contributed by atoms with Crippen molar-refractivity contribution in [2.24, 2.45) is 10.8 Å². The van der Waals surface area contributed by atoms with E-state index in [4.69, 9.17) is 9.84 Å². The topological polar surface area (TPSA) is 46.5 Å². The van der Waals surface area contributed by atoms with E-state index >= 15 is 0 Å². The number of aliphatic hydroxyl groups is 1. The van der Waals surface area contributed by atoms with Crippen LogP contribution in [0.5, 0.6) is 0 Å². The van der Waals surface area contributed by atoms with Crippen molar-refractivity contribution in [2.45, 2.75) is 53.6 Å². The van der Waals surface area contributed by atoms with E-state index in [9.17, 15) is 4.79 Å². The van der Waals surface area contributed by atoms with Gasteiger partial charge in [-0.2, -0.15) is 0 Å². The van der Waals surface area contributed by atoms with Crippen LogP contribution in [0.4, 0.5) is 0 Å². The third kappa shape index (κ3) is 2.89. The third-order valence-electron chi connectivity index (χ3n) is 3.31. The van der Waals surface area contributed by atoms with E-state index in [2.05, 4.69) is 13.8 Å². The molecule has 1 N–H and O–H groups in total. The van der Waals surface area contributed by atoms with Gasteiger partial charge in [0, 0.05) is 0 Å². The minimum absolute atomic E-state index is 0.0133. The highest BCUT2D eigenvalue weighted by atomic mass is 16.6. The molecule has 1 unspecified atom stereocenters. The third-order valence-corrected chi connectivity index (χ3v) is 3.31. The average Bonchev–Trinajstić information content (AvgIpc) is 2.66. The Balaban J connectivity index is 2.94. The fourth-order valence-corrected chi connectivity index (χ4v) is 2.14. The van der Waals surface area contributed by atoms with Crippen molar-refractivity contribution in [3.63, 3.8) is 0 Å². The largest absolute Gasteiger partial charge is 0.459 e. The summed E-state index contributed by atoms with van der Waals surface area (Å²) in [6.07, 6.45) is 2.66. The molecule has 0 aromatic heterocycles. The Morgan fingerprint density at radius 1 is 1.41 bits per heavy atom. The fourth-order valence-electron chi connectivity index (χ4n) is 2.14. The Morgan fingerprint density at radius 3 is 2.18 bits per heavy atom. The second-order valence-electron chi connectivity index (χ2n) is 6.68. The maximum atomic E-state index is 12.3. The van der Waals surface area contributed by atoms with Gasteiger partial charge in [-0.15, -0.1) is 0 Å². The number of hydrogen-bond donors (Lipinski definition) is 1. The Kier molecular flexibility index (Phi) is 3.45. The number of rotatable bonds is 3. The number of hydrogen-bond acceptors (Lipinski definition) is 3. The van der Waals surface area contributed by atoms with Crippen LogP contribution < -0.4 is 0 Å². The van der Waals surface area contributed by atoms with Gasteiger partial charge in [0.2, 0.25) is 0 Å². The van der Waals surface area contributed by atoms with Crippen molar-refractivity contribution in [3.05, 3.63) is 11.6 Å². The second-order valence-corrected chi connectivity index (χ2v) is 6.68. The summed E-state index contributed by atoms with van der Waals surface area (Å²) in [6.45, 7) is 11.5. The van der Waals surface area contributed by atoms with Crippen LogP contribution in [0.2, 0.25) is 0 Å². The summed E-state index contributed by atoms with van der Waals surface area (Å²) in [6, 6.07) is 0. The molecular weight excluding hydrogens is 216 g/mol. The van der Waals surface area contributed by atoms with Crippen LogP contribution in [0.15, 0.2) is 11.6 Å². The van der Waals surface area contributed by atoms with Gasteiger partial charge in [-0.25, -0.2) is 0 Å². The monoisotopic (exact) mass is 240 g/mol. The normalized spacial score (nSPS) is 27.8. The van der Waals surface area contributed by atoms with Gasteiger partial charge in [0.15, 0.2) is 0 Å². The lowest BCUT2D eigenvalue weighted by atomic mass is 9.93. The summed E-state index contributed by atoms with van der Waals surface area (Å²) in [4.78, 5) is 12.3. The van der Waals surface area contributed by atoms with Crippen LogP contribution in [0.25, 0.3) is 0 Å². The summed E-state index contributed by atoms with van der Waals surface area (Å²) in [7, 11) is 0. The first kappa shape index (κ1) is 14.2. The van der Waals surface area contributed by atoms with Gasteiger partial charge in [-0.3, -0.25) is 4.79 Å². The molecule has 0 bridgehead atoms. The summed E-state index contributed by atoms with van der Waals surface area (Å²) in [5.41, 5.74) is -0.274. The predicted molar refractivity (Wildman–Crippen MR) is 67.5 cm³/mol. The lowest BCUT2D eigenvalue weighted by Gasteiger charge is -2.24. The lowest BCUT2D eigenvalue weighted by Crippen LogP contribution is -2.31. The van der Waals surface area contributed by atoms with Gasteiger partial charge in [0.05, 0.1) is 12.0 Å². The van der Waals surface area contributed by atoms with Crippen LogP contribution in [0, 0.1) is 10.8 Å². The molecule has 0 aliphatic heterocycles. The van der Waals surface area contributed by atoms with Gasteiger partial charge in [0.25, 0.3) is 0 Å². The van der Waals surface area contributed by atoms with Crippen LogP contribution in [0.3, 0.4) is 0 Å². The van der Waals surface area contributed by atoms with Gasteiger partial charge in [-0.05, 0) is 39.5 Å². The molecule has 0 heterocycles. The van der Waals surface area contributed by atoms with E-state index < -0.39 is 11.0 Å². The second kappa shape index (κ2) is 4.13. The molecule has 0 radical (unpaired) electrons. The molecule has 1 aliphatic carbocycles. The molecule has 1 saturated carbocycles. The van der Waals surface area contributed by atoms with E-state index in [1.165, 1.54) is 0 Å². The molecule has 3 heteroatoms. The van der Waals surface area contributed by atoms with Crippen molar-refractivity contribution in [2.75, 3.05) is 6.61 Å². The smallest absolute Gasteiger partial charge is 0.317 e. The molecule has 0 aromatic carbocycles. The van der Waals surface area contributed by atoms with Crippen LogP contribution in [-0.2, 0) is 9.53 Å². The molecule has 0 amide bonds. The minimum Gasteiger partial charge on any atom is -0.459 e. The van der Waals surface area contributed by atoms with E-state index in [0.717, 1.165) is 12.0 Å². The molecule has 1 rings (SSSR count). The van der Waals surface area contributed by atoms with E-state index in [0.29, 0.717) is 0 Å². The van der Waals surface area contributed by atoms with Crippen molar-refractivity contribution >= 4 is 5.97 Å². The van der Waals surface area contributed by atoms with E-state index in [1.807, 2.05) is 33.8 Å². The standard InChI is InChI=1S/C14H24O3/c1-10(8-15)7-14(9-13(14,5)6)11(16)17-12(2,3)4/h7,15H,8-9H2,1-6H3/b10-7+. The number of carbonyl (C=O) groups is 1. The molecular formula is C14H24O3. The summed E-state index contributed by atoms with van der Waals surface area (Å²) in [5, 5.41) is 9.09. The number of ether oxygens (including phenoxy) is 1. The molecule has 0 saturated heterocycles. The predicted octanol–water partition coefficient (Wildman–Crippen LogP) is 2.68. The molecule has 1 fully saturated rings. The summed E-state index contributed by atoms with van der Waals surface area (Å²) >= 11 is 0. The molecule has 17 heavy (non-hydrogen) atoms. The molecule has 1 atom stereocenters. The summed E-state index contributed by atoms with van der Waals surface area (Å²) in [5.74, 6) is -0.178. The highest BCUT2D eigenvalue weighted by Gasteiger charge is 2.66. The maximum Gasteiger partial charge on any atom is 0.317 e. The van der Waals surface area contributed by atoms with Crippen LogP contribution in [-0.4, -0.2) is 23.3 Å². The van der Waals surface area contributed by atoms with Crippen molar-refractivity contribution in [1.29, 1.82) is 0 Å². The SMILES string of the molecule is C/C(=C\C1(C(=O)OC(C)(C)C)CC1(C)C)CO. The zero-order chi connectivity index (χ0) is 13.5. The zero-order valence-corrected chi connectivity index (χ0v) is 11.8. The van der Waals surface area contributed by atoms with E-state index in [1.54, 1.807) is 0 Å². The quantitative estimate of drug-likeness (QED) is 0.609. The molecule has 0 spiro atoms. The maximum absolute atomic E-state index is 12.3. The number of aliphatic hydroxyl groups excluding tert-OH is 1. The number of carbonyl (C=O) groups excluding carboxylic acids is 1. The van der Waals surface area contributed by atoms with Crippen LogP contribution >= 0.6 is 0 Å². The molecule has 1 aliphatic rings. The lowest BCUT2D eigenvalue weighted by molar-refractivity contribution is -0.160. The van der Waals surface area contributed by atoms with Crippen molar-refractivity contribution in [3.8, 4) is 0 Å². The van der Waals surface area contributed by atoms with Crippen molar-refractivity contribution < 1.29 is 14.6 Å². The minimum atomic E-state index is -0.549. The fraction of sp³-hybridized carbons (Fsp3) is 0.786. The average molecular weight is 240 g/mol. The number of esters is 1. The van der Waals surface area contributed by atoms with Gasteiger partial charge < -0.3 is 9.84 Å². The van der Waals surface area contributed by atoms with Gasteiger partial charge >= 0.3 is 5.97 Å². The Morgan fingerprint density at radius 2 is 1.88 bits per heavy atom. The first-order valence-corrected chi connectivity index (χ1v) is 6.07. The van der Waals surface area contributed by atoms with Gasteiger partial charge in [0.1, 0.15) is 5.60 Å². The van der Waals surface area contributed by atoms with E-state index in [-0.39, 0.29) is 18.0 Å². The van der Waals surface area contributed by atoms with Crippen molar-refractivity contribution in [1.82, 2.24) is 0 Å². The first-order chi connectivity index (χ1) is 7.54. The Labute approximate surface area is 104 Å². The highest BCUT2D eigenvalue weighted by Crippen LogP contribution is 2.65. The zero-order valence-electron chi connectivity index (χ0n) is 11.8. The van der Waals surface area contributed by atoms with Crippen LogP contribution in [0.1, 0.15) is 48.0 Å². The molecule has 98 valence electrons. The molecule has 0 aromatic rings. The molecule has 3 nitrogen and oxygen atoms in total. The highest BCUT2D eigenvalue weighted by molar-refractivity contribution is 5.84. The Bertz CT molecular complexity index is 347. The first-order valence-electron chi connectivity index (χ1n) is 6.07. The van der Waals surface area contributed by atoms with Gasteiger partial charge in [-0.1, -0.05) is 25.5 Å². The summed E-state index contributed by atoms with van der Waals surface area (Å²) < 4.78 is 5.48. The Hall–Kier alpha value is -0.830.